The summed E-state index contributed by atoms with van der Waals surface area (Å²) in [7, 11) is 3.02. The van der Waals surface area contributed by atoms with E-state index in [0.29, 0.717) is 28.3 Å². The Bertz CT molecular complexity index is 1290. The van der Waals surface area contributed by atoms with Gasteiger partial charge in [-0.3, -0.25) is 9.69 Å². The Morgan fingerprint density at radius 1 is 1.09 bits per heavy atom. The van der Waals surface area contributed by atoms with Gasteiger partial charge in [-0.1, -0.05) is 42.5 Å². The maximum absolute atomic E-state index is 13.6. The van der Waals surface area contributed by atoms with Gasteiger partial charge < -0.3 is 19.5 Å². The van der Waals surface area contributed by atoms with E-state index in [2.05, 4.69) is 29.6 Å². The lowest BCUT2D eigenvalue weighted by Gasteiger charge is -2.35. The molecule has 0 aliphatic carbocycles. The molecule has 0 radical (unpaired) electrons. The zero-order chi connectivity index (χ0) is 25.1. The van der Waals surface area contributed by atoms with Gasteiger partial charge in [0.15, 0.2) is 17.3 Å². The number of ether oxygens (including phenoxy) is 3. The van der Waals surface area contributed by atoms with E-state index in [1.54, 1.807) is 25.3 Å². The Hall–Kier alpha value is -4.00. The van der Waals surface area contributed by atoms with E-state index in [9.17, 15) is 9.59 Å². The fraction of sp³-hybridized carbons (Fsp3) is 0.286. The summed E-state index contributed by atoms with van der Waals surface area (Å²) in [6.07, 6.45) is 1.18. The number of benzene rings is 3. The molecule has 0 bridgehead atoms. The predicted molar refractivity (Wildman–Crippen MR) is 136 cm³/mol. The molecule has 182 valence electrons. The maximum atomic E-state index is 13.6. The van der Waals surface area contributed by atoms with Crippen molar-refractivity contribution in [1.82, 2.24) is 5.32 Å². The molecule has 4 rings (SSSR count). The Morgan fingerprint density at radius 2 is 1.77 bits per heavy atom. The normalized spacial score (nSPS) is 17.2. The number of Topliss-reactive ketones (excluding diaryl/α,β-unsaturated/α-hetero) is 1. The summed E-state index contributed by atoms with van der Waals surface area (Å²) in [5.41, 5.74) is 2.34. The van der Waals surface area contributed by atoms with Crippen LogP contribution >= 0.6 is 0 Å². The van der Waals surface area contributed by atoms with Gasteiger partial charge >= 0.3 is 6.09 Å². The quantitative estimate of drug-likeness (QED) is 0.466. The summed E-state index contributed by atoms with van der Waals surface area (Å²) >= 11 is 0. The number of nitrogens with zero attached hydrogens (tertiary/aromatic N) is 1. The minimum absolute atomic E-state index is 0.0727. The van der Waals surface area contributed by atoms with E-state index in [4.69, 9.17) is 14.2 Å². The first kappa shape index (κ1) is 24.1. The van der Waals surface area contributed by atoms with E-state index in [1.807, 2.05) is 32.0 Å². The van der Waals surface area contributed by atoms with Crippen LogP contribution in [0.5, 0.6) is 11.5 Å². The molecule has 1 amide bonds. The van der Waals surface area contributed by atoms with E-state index < -0.39 is 12.1 Å². The Morgan fingerprint density at radius 3 is 2.49 bits per heavy atom. The summed E-state index contributed by atoms with van der Waals surface area (Å²) in [6, 6.07) is 17.0. The van der Waals surface area contributed by atoms with Gasteiger partial charge in [0.05, 0.1) is 38.1 Å². The van der Waals surface area contributed by atoms with Crippen molar-refractivity contribution in [2.24, 2.45) is 0 Å². The fourth-order valence-electron chi connectivity index (χ4n) is 4.51. The van der Waals surface area contributed by atoms with Crippen LogP contribution in [0.15, 0.2) is 66.4 Å². The number of rotatable bonds is 6. The first-order valence-corrected chi connectivity index (χ1v) is 11.6. The fourth-order valence-corrected chi connectivity index (χ4v) is 4.51. The monoisotopic (exact) mass is 474 g/mol. The van der Waals surface area contributed by atoms with Crippen molar-refractivity contribution in [2.45, 2.75) is 32.9 Å². The number of amides is 1. The third kappa shape index (κ3) is 4.41. The number of carbonyl (C=O) groups excluding carboxylic acids is 2. The van der Waals surface area contributed by atoms with Crippen LogP contribution in [0.25, 0.3) is 10.8 Å². The van der Waals surface area contributed by atoms with Crippen molar-refractivity contribution < 1.29 is 23.8 Å². The highest BCUT2D eigenvalue weighted by atomic mass is 16.6. The SMILES string of the molecule is CCOC(=O)N1c2cc(OC)c(OC)cc2C(=O)/C(=C/NC(C)c2cccc3ccccc23)C1C. The second-order valence-electron chi connectivity index (χ2n) is 8.35. The van der Waals surface area contributed by atoms with Gasteiger partial charge in [-0.2, -0.15) is 0 Å². The summed E-state index contributed by atoms with van der Waals surface area (Å²) < 4.78 is 16.1. The number of nitrogens with one attached hydrogen (secondary N) is 1. The van der Waals surface area contributed by atoms with E-state index >= 15 is 0 Å². The van der Waals surface area contributed by atoms with E-state index in [1.165, 1.54) is 19.1 Å². The minimum atomic E-state index is -0.556. The molecule has 3 aromatic carbocycles. The van der Waals surface area contributed by atoms with Crippen LogP contribution in [-0.2, 0) is 4.74 Å². The molecule has 0 fully saturated rings. The van der Waals surface area contributed by atoms with Gasteiger partial charge in [0, 0.05) is 23.9 Å². The molecule has 35 heavy (non-hydrogen) atoms. The molecule has 1 aliphatic heterocycles. The van der Waals surface area contributed by atoms with Crippen LogP contribution in [0.2, 0.25) is 0 Å². The molecule has 0 aromatic heterocycles. The molecule has 1 N–H and O–H groups in total. The molecule has 0 saturated heterocycles. The van der Waals surface area contributed by atoms with E-state index in [-0.39, 0.29) is 18.4 Å². The third-order valence-electron chi connectivity index (χ3n) is 6.35. The van der Waals surface area contributed by atoms with Crippen LogP contribution in [0, 0.1) is 0 Å². The number of ketones is 1. The van der Waals surface area contributed by atoms with Crippen LogP contribution in [-0.4, -0.2) is 38.7 Å². The number of methoxy groups -OCH3 is 2. The number of anilines is 1. The van der Waals surface area contributed by atoms with Crippen molar-refractivity contribution in [1.29, 1.82) is 0 Å². The highest BCUT2D eigenvalue weighted by molar-refractivity contribution is 6.18. The van der Waals surface area contributed by atoms with Gasteiger partial charge in [-0.05, 0) is 43.2 Å². The van der Waals surface area contributed by atoms with Crippen LogP contribution in [0.1, 0.15) is 42.7 Å². The Kier molecular flexibility index (Phi) is 6.96. The molecular weight excluding hydrogens is 444 g/mol. The molecule has 3 aromatic rings. The van der Waals surface area contributed by atoms with Gasteiger partial charge in [0.2, 0.25) is 0 Å². The third-order valence-corrected chi connectivity index (χ3v) is 6.35. The number of hydrogen-bond donors (Lipinski definition) is 1. The lowest BCUT2D eigenvalue weighted by Crippen LogP contribution is -2.46. The number of carbonyl (C=O) groups is 2. The molecule has 1 aliphatic rings. The second-order valence-corrected chi connectivity index (χ2v) is 8.35. The van der Waals surface area contributed by atoms with Crippen molar-refractivity contribution in [2.75, 3.05) is 25.7 Å². The smallest absolute Gasteiger partial charge is 0.414 e. The molecular formula is C28H30N2O5. The van der Waals surface area contributed by atoms with Crippen molar-refractivity contribution in [3.63, 3.8) is 0 Å². The highest BCUT2D eigenvalue weighted by Gasteiger charge is 2.38. The zero-order valence-corrected chi connectivity index (χ0v) is 20.6. The molecule has 7 nitrogen and oxygen atoms in total. The van der Waals surface area contributed by atoms with Crippen molar-refractivity contribution in [3.8, 4) is 11.5 Å². The highest BCUT2D eigenvalue weighted by Crippen LogP contribution is 2.41. The Balaban J connectivity index is 1.75. The van der Waals surface area contributed by atoms with Gasteiger partial charge in [0.25, 0.3) is 0 Å². The van der Waals surface area contributed by atoms with Crippen LogP contribution in [0.4, 0.5) is 10.5 Å². The summed E-state index contributed by atoms with van der Waals surface area (Å²) in [5, 5.41) is 5.67. The van der Waals surface area contributed by atoms with Crippen molar-refractivity contribution in [3.05, 3.63) is 77.5 Å². The maximum Gasteiger partial charge on any atom is 0.414 e. The van der Waals surface area contributed by atoms with Crippen LogP contribution in [0.3, 0.4) is 0 Å². The molecule has 1 heterocycles. The summed E-state index contributed by atoms with van der Waals surface area (Å²) in [5.74, 6) is 0.650. The van der Waals surface area contributed by atoms with Gasteiger partial charge in [-0.25, -0.2) is 4.79 Å². The first-order valence-electron chi connectivity index (χ1n) is 11.6. The lowest BCUT2D eigenvalue weighted by molar-refractivity contribution is 0.102. The van der Waals surface area contributed by atoms with Gasteiger partial charge in [0.1, 0.15) is 0 Å². The topological polar surface area (TPSA) is 77.1 Å². The number of hydrogen-bond acceptors (Lipinski definition) is 6. The van der Waals surface area contributed by atoms with E-state index in [0.717, 1.165) is 16.3 Å². The molecule has 0 saturated carbocycles. The lowest BCUT2D eigenvalue weighted by atomic mass is 9.90. The molecule has 2 unspecified atom stereocenters. The predicted octanol–water partition coefficient (Wildman–Crippen LogP) is 5.64. The minimum Gasteiger partial charge on any atom is -0.493 e. The summed E-state index contributed by atoms with van der Waals surface area (Å²) in [6.45, 7) is 5.82. The standard InChI is InChI=1S/C28H30N2O5/c1-6-35-28(32)30-18(3)23(27(31)22-14-25(33-4)26(34-5)15-24(22)30)16-29-17(2)20-13-9-11-19-10-7-8-12-21(19)20/h7-18,29H,6H2,1-5H3/b23-16+. The molecule has 0 spiro atoms. The average Bonchev–Trinajstić information content (AvgIpc) is 2.87. The molecule has 2 atom stereocenters. The zero-order valence-electron chi connectivity index (χ0n) is 20.6. The first-order chi connectivity index (χ1) is 16.9. The van der Waals surface area contributed by atoms with Gasteiger partial charge in [-0.15, -0.1) is 0 Å². The van der Waals surface area contributed by atoms with Crippen molar-refractivity contribution >= 4 is 28.3 Å². The Labute approximate surface area is 205 Å². The molecule has 7 heteroatoms. The second kappa shape index (κ2) is 10.1. The largest absolute Gasteiger partial charge is 0.493 e. The number of fused-ring (bicyclic) bond motifs is 2. The average molecular weight is 475 g/mol. The van der Waals surface area contributed by atoms with Crippen LogP contribution < -0.4 is 19.7 Å². The summed E-state index contributed by atoms with van der Waals surface area (Å²) in [4.78, 5) is 28.0.